The Morgan fingerprint density at radius 3 is 2.12 bits per heavy atom. The maximum atomic E-state index is 12.1. The highest BCUT2D eigenvalue weighted by molar-refractivity contribution is 5.89. The van der Waals surface area contributed by atoms with E-state index < -0.39 is 28.4 Å². The van der Waals surface area contributed by atoms with Crippen LogP contribution in [0.15, 0.2) is 0 Å². The van der Waals surface area contributed by atoms with E-state index in [1.165, 1.54) is 0 Å². The zero-order valence-corrected chi connectivity index (χ0v) is 10.9. The largest absolute Gasteiger partial charge is 0.481 e. The van der Waals surface area contributed by atoms with E-state index in [1.54, 1.807) is 27.7 Å². The first kappa shape index (κ1) is 14.0. The zero-order valence-electron chi connectivity index (χ0n) is 10.9. The summed E-state index contributed by atoms with van der Waals surface area (Å²) < 4.78 is 5.29. The molecular formula is C12H21NO4. The number of aliphatic carboxylic acids is 1. The molecule has 1 saturated carbocycles. The van der Waals surface area contributed by atoms with Crippen molar-refractivity contribution < 1.29 is 19.4 Å². The number of carbonyl (C=O) groups is 2. The van der Waals surface area contributed by atoms with Gasteiger partial charge in [-0.1, -0.05) is 0 Å². The Bertz CT molecular complexity index is 343. The Morgan fingerprint density at radius 1 is 1.35 bits per heavy atom. The molecule has 1 fully saturated rings. The molecular weight excluding hydrogens is 222 g/mol. The summed E-state index contributed by atoms with van der Waals surface area (Å²) in [6, 6.07) is 0. The second-order valence-electron chi connectivity index (χ2n) is 5.93. The Morgan fingerprint density at radius 2 is 1.88 bits per heavy atom. The Labute approximate surface area is 101 Å². The third-order valence-electron chi connectivity index (χ3n) is 3.72. The summed E-state index contributed by atoms with van der Waals surface area (Å²) in [5.74, 6) is -1.48. The van der Waals surface area contributed by atoms with Gasteiger partial charge >= 0.3 is 11.9 Å². The van der Waals surface area contributed by atoms with Crippen molar-refractivity contribution in [3.8, 4) is 0 Å². The van der Waals surface area contributed by atoms with Crippen molar-refractivity contribution >= 4 is 11.9 Å². The second-order valence-corrected chi connectivity index (χ2v) is 5.93. The monoisotopic (exact) mass is 243 g/mol. The molecule has 0 heterocycles. The molecule has 0 aliphatic heterocycles. The number of ether oxygens (including phenoxy) is 1. The first-order valence-electron chi connectivity index (χ1n) is 5.76. The van der Waals surface area contributed by atoms with Gasteiger partial charge in [0.05, 0.1) is 10.8 Å². The molecule has 0 aromatic carbocycles. The first-order valence-corrected chi connectivity index (χ1v) is 5.76. The number of carboxylic acid groups (broad SMARTS) is 1. The Hall–Kier alpha value is -1.10. The van der Waals surface area contributed by atoms with Gasteiger partial charge in [-0.3, -0.25) is 9.59 Å². The van der Waals surface area contributed by atoms with Crippen molar-refractivity contribution in [1.29, 1.82) is 0 Å². The van der Waals surface area contributed by atoms with Crippen molar-refractivity contribution in [2.75, 3.05) is 6.54 Å². The quantitative estimate of drug-likeness (QED) is 0.726. The third-order valence-corrected chi connectivity index (χ3v) is 3.72. The van der Waals surface area contributed by atoms with E-state index in [0.29, 0.717) is 12.8 Å². The van der Waals surface area contributed by atoms with Gasteiger partial charge in [0.1, 0.15) is 5.60 Å². The maximum absolute atomic E-state index is 12.1. The molecule has 0 radical (unpaired) electrons. The number of carboxylic acids is 1. The van der Waals surface area contributed by atoms with Crippen molar-refractivity contribution in [2.24, 2.45) is 16.6 Å². The van der Waals surface area contributed by atoms with Crippen LogP contribution in [0.5, 0.6) is 0 Å². The van der Waals surface area contributed by atoms with E-state index in [1.807, 2.05) is 0 Å². The number of esters is 1. The lowest BCUT2D eigenvalue weighted by Gasteiger charge is -2.52. The summed E-state index contributed by atoms with van der Waals surface area (Å²) in [6.07, 6.45) is 0.931. The standard InChI is InChI=1S/C12H21NO4/c1-10(2,3)17-9(16)11(4)5-6-12(11,7-13)8(14)15/h5-7,13H2,1-4H3,(H,14,15). The predicted molar refractivity (Wildman–Crippen MR) is 62.3 cm³/mol. The highest BCUT2D eigenvalue weighted by Crippen LogP contribution is 2.57. The van der Waals surface area contributed by atoms with Crippen LogP contribution in [0.4, 0.5) is 0 Å². The molecule has 2 atom stereocenters. The van der Waals surface area contributed by atoms with Gasteiger partial charge in [0.25, 0.3) is 0 Å². The molecule has 3 N–H and O–H groups in total. The molecule has 0 bridgehead atoms. The molecule has 17 heavy (non-hydrogen) atoms. The molecule has 1 rings (SSSR count). The number of carbonyl (C=O) groups excluding carboxylic acids is 1. The topological polar surface area (TPSA) is 89.6 Å². The molecule has 0 saturated heterocycles. The van der Waals surface area contributed by atoms with E-state index in [-0.39, 0.29) is 6.54 Å². The van der Waals surface area contributed by atoms with E-state index in [4.69, 9.17) is 10.5 Å². The Balaban J connectivity index is 2.96. The highest BCUT2D eigenvalue weighted by Gasteiger charge is 2.65. The first-order chi connectivity index (χ1) is 7.59. The van der Waals surface area contributed by atoms with Crippen LogP contribution in [0, 0.1) is 10.8 Å². The molecule has 1 aliphatic rings. The fourth-order valence-corrected chi connectivity index (χ4v) is 2.25. The van der Waals surface area contributed by atoms with Crippen molar-refractivity contribution in [2.45, 2.75) is 46.1 Å². The summed E-state index contributed by atoms with van der Waals surface area (Å²) >= 11 is 0. The van der Waals surface area contributed by atoms with Gasteiger partial charge in [0.2, 0.25) is 0 Å². The zero-order chi connectivity index (χ0) is 13.5. The molecule has 0 aromatic heterocycles. The van der Waals surface area contributed by atoms with Gasteiger partial charge in [0, 0.05) is 6.54 Å². The van der Waals surface area contributed by atoms with Gasteiger partial charge in [-0.25, -0.2) is 0 Å². The van der Waals surface area contributed by atoms with Crippen LogP contribution in [0.25, 0.3) is 0 Å². The second kappa shape index (κ2) is 3.98. The lowest BCUT2D eigenvalue weighted by Crippen LogP contribution is -2.63. The summed E-state index contributed by atoms with van der Waals surface area (Å²) in [5, 5.41) is 9.28. The molecule has 2 unspecified atom stereocenters. The van der Waals surface area contributed by atoms with Crippen LogP contribution in [-0.4, -0.2) is 29.2 Å². The van der Waals surface area contributed by atoms with Crippen LogP contribution >= 0.6 is 0 Å². The molecule has 0 spiro atoms. The average Bonchev–Trinajstić information content (AvgIpc) is 2.13. The molecule has 5 nitrogen and oxygen atoms in total. The number of hydrogen-bond donors (Lipinski definition) is 2. The summed E-state index contributed by atoms with van der Waals surface area (Å²) in [5.41, 5.74) is 2.76. The van der Waals surface area contributed by atoms with Crippen molar-refractivity contribution in [1.82, 2.24) is 0 Å². The minimum absolute atomic E-state index is 0.0436. The van der Waals surface area contributed by atoms with Crippen LogP contribution in [0.3, 0.4) is 0 Å². The fraction of sp³-hybridized carbons (Fsp3) is 0.833. The van der Waals surface area contributed by atoms with E-state index in [2.05, 4.69) is 0 Å². The molecule has 0 amide bonds. The normalized spacial score (nSPS) is 32.8. The van der Waals surface area contributed by atoms with Crippen LogP contribution in [0.2, 0.25) is 0 Å². The minimum Gasteiger partial charge on any atom is -0.481 e. The molecule has 5 heteroatoms. The van der Waals surface area contributed by atoms with Crippen LogP contribution in [0.1, 0.15) is 40.5 Å². The van der Waals surface area contributed by atoms with Crippen molar-refractivity contribution in [3.05, 3.63) is 0 Å². The summed E-state index contributed by atoms with van der Waals surface area (Å²) in [6.45, 7) is 6.87. The summed E-state index contributed by atoms with van der Waals surface area (Å²) in [7, 11) is 0. The highest BCUT2D eigenvalue weighted by atomic mass is 16.6. The van der Waals surface area contributed by atoms with Crippen LogP contribution < -0.4 is 5.73 Å². The van der Waals surface area contributed by atoms with Gasteiger partial charge in [-0.15, -0.1) is 0 Å². The lowest BCUT2D eigenvalue weighted by molar-refractivity contribution is -0.199. The summed E-state index contributed by atoms with van der Waals surface area (Å²) in [4.78, 5) is 23.4. The average molecular weight is 243 g/mol. The predicted octanol–water partition coefficient (Wildman–Crippen LogP) is 1.16. The van der Waals surface area contributed by atoms with Gasteiger partial charge in [0.15, 0.2) is 0 Å². The molecule has 0 aromatic rings. The van der Waals surface area contributed by atoms with E-state index in [0.717, 1.165) is 0 Å². The minimum atomic E-state index is -1.17. The SMILES string of the molecule is CC(C)(C)OC(=O)C1(C)CCC1(CN)C(=O)O. The fourth-order valence-electron chi connectivity index (χ4n) is 2.25. The maximum Gasteiger partial charge on any atom is 0.313 e. The Kier molecular flexibility index (Phi) is 3.27. The van der Waals surface area contributed by atoms with Crippen LogP contribution in [-0.2, 0) is 14.3 Å². The van der Waals surface area contributed by atoms with Gasteiger partial charge < -0.3 is 15.6 Å². The van der Waals surface area contributed by atoms with Gasteiger partial charge in [-0.05, 0) is 40.5 Å². The van der Waals surface area contributed by atoms with E-state index >= 15 is 0 Å². The molecule has 1 aliphatic carbocycles. The third kappa shape index (κ3) is 2.04. The van der Waals surface area contributed by atoms with Gasteiger partial charge in [-0.2, -0.15) is 0 Å². The van der Waals surface area contributed by atoms with Crippen molar-refractivity contribution in [3.63, 3.8) is 0 Å². The number of rotatable bonds is 3. The molecule has 98 valence electrons. The van der Waals surface area contributed by atoms with E-state index in [9.17, 15) is 14.7 Å². The number of hydrogen-bond acceptors (Lipinski definition) is 4. The lowest BCUT2D eigenvalue weighted by atomic mass is 9.50. The smallest absolute Gasteiger partial charge is 0.313 e. The number of nitrogens with two attached hydrogens (primary N) is 1.